The Balaban J connectivity index is 1.66. The van der Waals surface area contributed by atoms with E-state index in [1.54, 1.807) is 43.3 Å². The summed E-state index contributed by atoms with van der Waals surface area (Å²) in [5.74, 6) is -0.156. The second kappa shape index (κ2) is 13.7. The Morgan fingerprint density at radius 1 is 0.927 bits per heavy atom. The highest BCUT2D eigenvalue weighted by Gasteiger charge is 2.33. The minimum absolute atomic E-state index is 0.0735. The lowest BCUT2D eigenvalue weighted by molar-refractivity contribution is -0.139. The highest BCUT2D eigenvalue weighted by Crippen LogP contribution is 2.27. The molecule has 3 aromatic rings. The van der Waals surface area contributed by atoms with Gasteiger partial charge in [0.2, 0.25) is 11.8 Å². The summed E-state index contributed by atoms with van der Waals surface area (Å²) in [6, 6.07) is 21.7. The number of anilines is 1. The van der Waals surface area contributed by atoms with Crippen molar-refractivity contribution in [3.63, 3.8) is 0 Å². The molecule has 0 aromatic heterocycles. The topological polar surface area (TPSA) is 96.0 Å². The van der Waals surface area contributed by atoms with Crippen LogP contribution in [0.1, 0.15) is 50.2 Å². The summed E-state index contributed by atoms with van der Waals surface area (Å²) in [6.07, 6.45) is 5.15. The first-order valence-electron chi connectivity index (χ1n) is 14.1. The summed E-state index contributed by atoms with van der Waals surface area (Å²) in [6.45, 7) is 3.27. The highest BCUT2D eigenvalue weighted by molar-refractivity contribution is 7.92. The van der Waals surface area contributed by atoms with Crippen molar-refractivity contribution in [1.82, 2.24) is 10.2 Å². The summed E-state index contributed by atoms with van der Waals surface area (Å²) in [7, 11) is -2.59. The minimum Gasteiger partial charge on any atom is -0.497 e. The van der Waals surface area contributed by atoms with Gasteiger partial charge in [-0.05, 0) is 68.7 Å². The molecule has 2 amide bonds. The molecule has 1 fully saturated rings. The van der Waals surface area contributed by atoms with Crippen molar-refractivity contribution in [2.24, 2.45) is 0 Å². The van der Waals surface area contributed by atoms with Crippen LogP contribution in [0.4, 0.5) is 5.69 Å². The van der Waals surface area contributed by atoms with Crippen LogP contribution in [0.3, 0.4) is 0 Å². The maximum atomic E-state index is 14.0. The molecule has 0 unspecified atom stereocenters. The number of carbonyl (C=O) groups excluding carboxylic acids is 2. The molecule has 8 nitrogen and oxygen atoms in total. The van der Waals surface area contributed by atoms with E-state index in [4.69, 9.17) is 4.74 Å². The minimum atomic E-state index is -4.12. The molecule has 3 aromatic carbocycles. The smallest absolute Gasteiger partial charge is 0.264 e. The van der Waals surface area contributed by atoms with Crippen LogP contribution in [-0.2, 0) is 26.2 Å². The monoisotopic (exact) mass is 577 g/mol. The zero-order valence-electron chi connectivity index (χ0n) is 24.0. The van der Waals surface area contributed by atoms with Crippen molar-refractivity contribution in [2.75, 3.05) is 18.0 Å². The lowest BCUT2D eigenvalue weighted by Crippen LogP contribution is -2.53. The molecular weight excluding hydrogens is 538 g/mol. The van der Waals surface area contributed by atoms with Crippen LogP contribution in [0, 0.1) is 6.92 Å². The zero-order valence-corrected chi connectivity index (χ0v) is 24.8. The number of nitrogens with one attached hydrogen (secondary N) is 1. The number of rotatable bonds is 11. The molecule has 1 saturated carbocycles. The van der Waals surface area contributed by atoms with E-state index in [0.717, 1.165) is 47.5 Å². The first kappa shape index (κ1) is 30.1. The van der Waals surface area contributed by atoms with Crippen LogP contribution in [0.15, 0.2) is 83.8 Å². The summed E-state index contributed by atoms with van der Waals surface area (Å²) < 4.78 is 34.2. The first-order valence-corrected chi connectivity index (χ1v) is 15.5. The van der Waals surface area contributed by atoms with Gasteiger partial charge in [-0.15, -0.1) is 0 Å². The number of ether oxygens (including phenoxy) is 1. The Morgan fingerprint density at radius 2 is 1.56 bits per heavy atom. The van der Waals surface area contributed by atoms with E-state index in [0.29, 0.717) is 11.4 Å². The molecule has 0 radical (unpaired) electrons. The molecule has 0 bridgehead atoms. The fourth-order valence-corrected chi connectivity index (χ4v) is 6.46. The van der Waals surface area contributed by atoms with Crippen molar-refractivity contribution < 1.29 is 22.7 Å². The highest BCUT2D eigenvalue weighted by atomic mass is 32.2. The molecular formula is C32H39N3O5S. The molecule has 218 valence electrons. The molecule has 0 spiro atoms. The van der Waals surface area contributed by atoms with E-state index in [2.05, 4.69) is 5.32 Å². The van der Waals surface area contributed by atoms with Crippen LogP contribution >= 0.6 is 0 Å². The third kappa shape index (κ3) is 7.67. The number of benzene rings is 3. The number of hydrogen-bond donors (Lipinski definition) is 1. The largest absolute Gasteiger partial charge is 0.497 e. The Labute approximate surface area is 243 Å². The first-order chi connectivity index (χ1) is 19.7. The molecule has 41 heavy (non-hydrogen) atoms. The van der Waals surface area contributed by atoms with Crippen LogP contribution in [0.5, 0.6) is 5.75 Å². The van der Waals surface area contributed by atoms with Gasteiger partial charge in [-0.1, -0.05) is 67.3 Å². The molecule has 0 aliphatic heterocycles. The Kier molecular flexibility index (Phi) is 10.0. The second-order valence-electron chi connectivity index (χ2n) is 10.5. The van der Waals surface area contributed by atoms with E-state index < -0.39 is 28.5 Å². The number of amides is 2. The van der Waals surface area contributed by atoms with E-state index in [1.807, 2.05) is 37.3 Å². The number of methoxy groups -OCH3 is 1. The summed E-state index contributed by atoms with van der Waals surface area (Å²) in [5, 5.41) is 3.12. The zero-order chi connectivity index (χ0) is 29.4. The average molecular weight is 578 g/mol. The summed E-state index contributed by atoms with van der Waals surface area (Å²) in [5.41, 5.74) is 2.08. The molecule has 1 aliphatic rings. The number of aryl methyl sites for hydroxylation is 1. The third-order valence-electron chi connectivity index (χ3n) is 7.56. The van der Waals surface area contributed by atoms with E-state index in [9.17, 15) is 18.0 Å². The van der Waals surface area contributed by atoms with Crippen molar-refractivity contribution in [3.05, 3.63) is 90.0 Å². The molecule has 1 atom stereocenters. The van der Waals surface area contributed by atoms with Crippen LogP contribution in [-0.4, -0.2) is 50.9 Å². The Morgan fingerprint density at radius 3 is 2.17 bits per heavy atom. The van der Waals surface area contributed by atoms with Crippen LogP contribution < -0.4 is 14.4 Å². The molecule has 1 N–H and O–H groups in total. The van der Waals surface area contributed by atoms with Crippen LogP contribution in [0.25, 0.3) is 0 Å². The maximum Gasteiger partial charge on any atom is 0.264 e. The SMILES string of the molecule is COc1ccc(N(CC(=O)N(Cc2ccccc2)[C@@H](C)C(=O)NC2CCCCC2)S(=O)(=O)c2ccc(C)cc2)cc1. The standard InChI is InChI=1S/C32H39N3O5S/c1-24-14-20-30(21-15-24)41(38,39)35(28-16-18-29(40-3)19-17-28)23-31(36)34(22-26-10-6-4-7-11-26)25(2)32(37)33-27-12-8-5-9-13-27/h4,6-7,10-11,14-21,25,27H,5,8-9,12-13,22-23H2,1-3H3,(H,33,37)/t25-/m0/s1. The predicted octanol–water partition coefficient (Wildman–Crippen LogP) is 5.07. The number of nitrogens with zero attached hydrogens (tertiary/aromatic N) is 2. The average Bonchev–Trinajstić information content (AvgIpc) is 2.99. The molecule has 0 heterocycles. The number of carbonyl (C=O) groups is 2. The van der Waals surface area contributed by atoms with Crippen molar-refractivity contribution in [2.45, 2.75) is 69.5 Å². The van der Waals surface area contributed by atoms with Gasteiger partial charge in [0, 0.05) is 12.6 Å². The van der Waals surface area contributed by atoms with Gasteiger partial charge in [-0.3, -0.25) is 13.9 Å². The van der Waals surface area contributed by atoms with Gasteiger partial charge < -0.3 is 15.0 Å². The van der Waals surface area contributed by atoms with E-state index in [1.165, 1.54) is 24.1 Å². The molecule has 1 aliphatic carbocycles. The fourth-order valence-electron chi connectivity index (χ4n) is 5.05. The predicted molar refractivity (Wildman–Crippen MR) is 160 cm³/mol. The van der Waals surface area contributed by atoms with Gasteiger partial charge in [0.25, 0.3) is 10.0 Å². The van der Waals surface area contributed by atoms with Crippen LogP contribution in [0.2, 0.25) is 0 Å². The number of sulfonamides is 1. The molecule has 0 saturated heterocycles. The van der Waals surface area contributed by atoms with Crippen molar-refractivity contribution >= 4 is 27.5 Å². The maximum absolute atomic E-state index is 14.0. The third-order valence-corrected chi connectivity index (χ3v) is 9.35. The lowest BCUT2D eigenvalue weighted by Gasteiger charge is -2.33. The van der Waals surface area contributed by atoms with Gasteiger partial charge in [0.1, 0.15) is 18.3 Å². The fraction of sp³-hybridized carbons (Fsp3) is 0.375. The molecule has 4 rings (SSSR count). The van der Waals surface area contributed by atoms with Gasteiger partial charge >= 0.3 is 0 Å². The normalized spacial score (nSPS) is 14.6. The number of hydrogen-bond acceptors (Lipinski definition) is 5. The Hall–Kier alpha value is -3.85. The van der Waals surface area contributed by atoms with Gasteiger partial charge in [-0.25, -0.2) is 8.42 Å². The quantitative estimate of drug-likeness (QED) is 0.344. The van der Waals surface area contributed by atoms with Gasteiger partial charge in [0.05, 0.1) is 17.7 Å². The lowest BCUT2D eigenvalue weighted by atomic mass is 9.95. The van der Waals surface area contributed by atoms with Gasteiger partial charge in [-0.2, -0.15) is 0 Å². The summed E-state index contributed by atoms with van der Waals surface area (Å²) in [4.78, 5) is 29.0. The molecule has 9 heteroatoms. The van der Waals surface area contributed by atoms with Gasteiger partial charge in [0.15, 0.2) is 0 Å². The van der Waals surface area contributed by atoms with E-state index >= 15 is 0 Å². The second-order valence-corrected chi connectivity index (χ2v) is 12.4. The van der Waals surface area contributed by atoms with E-state index in [-0.39, 0.29) is 23.4 Å². The van der Waals surface area contributed by atoms with Crippen molar-refractivity contribution in [3.8, 4) is 5.75 Å². The Bertz CT molecular complexity index is 1400. The summed E-state index contributed by atoms with van der Waals surface area (Å²) >= 11 is 0. The van der Waals surface area contributed by atoms with Crippen molar-refractivity contribution in [1.29, 1.82) is 0 Å².